The molecule has 2 rings (SSSR count). The van der Waals surface area contributed by atoms with E-state index in [0.717, 1.165) is 11.1 Å². The third kappa shape index (κ3) is 2.77. The van der Waals surface area contributed by atoms with E-state index >= 15 is 0 Å². The van der Waals surface area contributed by atoms with Crippen LogP contribution < -0.4 is 0 Å². The van der Waals surface area contributed by atoms with E-state index in [-0.39, 0.29) is 0 Å². The number of benzene rings is 2. The first-order chi connectivity index (χ1) is 8.63. The van der Waals surface area contributed by atoms with Crippen molar-refractivity contribution in [2.24, 2.45) is 0 Å². The van der Waals surface area contributed by atoms with E-state index in [0.29, 0.717) is 0 Å². The molecule has 2 aromatic carbocycles. The SMILES string of the molecule is CC(OP(O)O)(c1ccccc1)c1ccccc1. The minimum Gasteiger partial charge on any atom is -0.328 e. The van der Waals surface area contributed by atoms with Crippen molar-refractivity contribution in [3.63, 3.8) is 0 Å². The van der Waals surface area contributed by atoms with Crippen molar-refractivity contribution >= 4 is 8.60 Å². The summed E-state index contributed by atoms with van der Waals surface area (Å²) >= 11 is 0. The summed E-state index contributed by atoms with van der Waals surface area (Å²) in [6.07, 6.45) is 0. The van der Waals surface area contributed by atoms with Gasteiger partial charge in [-0.3, -0.25) is 4.52 Å². The maximum absolute atomic E-state index is 9.21. The molecule has 0 aliphatic heterocycles. The smallest absolute Gasteiger partial charge is 0.328 e. The van der Waals surface area contributed by atoms with Crippen molar-refractivity contribution < 1.29 is 14.3 Å². The molecular formula is C14H15O3P. The maximum atomic E-state index is 9.21. The van der Waals surface area contributed by atoms with E-state index in [9.17, 15) is 9.79 Å². The van der Waals surface area contributed by atoms with Gasteiger partial charge in [0.15, 0.2) is 0 Å². The predicted molar refractivity (Wildman–Crippen MR) is 71.8 cm³/mol. The molecule has 2 aromatic rings. The standard InChI is InChI=1S/C14H15O3P/c1-14(17-18(15)16,12-8-4-2-5-9-12)13-10-6-3-7-11-13/h2-11,15-16H,1H3. The molecule has 2 N–H and O–H groups in total. The largest absolute Gasteiger partial charge is 0.328 e. The summed E-state index contributed by atoms with van der Waals surface area (Å²) in [6, 6.07) is 19.1. The highest BCUT2D eigenvalue weighted by atomic mass is 31.2. The quantitative estimate of drug-likeness (QED) is 0.832. The van der Waals surface area contributed by atoms with Gasteiger partial charge in [0.05, 0.1) is 0 Å². The first-order valence-corrected chi connectivity index (χ1v) is 6.77. The molecule has 0 saturated carbocycles. The second-order valence-corrected chi connectivity index (χ2v) is 4.80. The van der Waals surface area contributed by atoms with Crippen LogP contribution in [0, 0.1) is 0 Å². The minimum atomic E-state index is -2.44. The summed E-state index contributed by atoms with van der Waals surface area (Å²) in [5.41, 5.74) is 0.899. The lowest BCUT2D eigenvalue weighted by atomic mass is 9.88. The van der Waals surface area contributed by atoms with E-state index in [1.54, 1.807) is 0 Å². The average Bonchev–Trinajstić information content (AvgIpc) is 2.40. The Morgan fingerprint density at radius 3 is 1.56 bits per heavy atom. The first-order valence-electron chi connectivity index (χ1n) is 5.61. The molecule has 0 heterocycles. The molecule has 0 aliphatic rings. The Morgan fingerprint density at radius 1 is 0.833 bits per heavy atom. The number of rotatable bonds is 4. The summed E-state index contributed by atoms with van der Waals surface area (Å²) in [7, 11) is -2.44. The lowest BCUT2D eigenvalue weighted by molar-refractivity contribution is 0.110. The minimum absolute atomic E-state index is 0.863. The second-order valence-electron chi connectivity index (χ2n) is 4.11. The fourth-order valence-corrected chi connectivity index (χ4v) is 2.49. The third-order valence-corrected chi connectivity index (χ3v) is 3.44. The molecule has 94 valence electrons. The van der Waals surface area contributed by atoms with E-state index in [1.807, 2.05) is 67.6 Å². The highest BCUT2D eigenvalue weighted by Crippen LogP contribution is 2.43. The zero-order chi connectivity index (χ0) is 13.0. The lowest BCUT2D eigenvalue weighted by Crippen LogP contribution is -2.25. The Kier molecular flexibility index (Phi) is 4.10. The molecule has 0 unspecified atom stereocenters. The van der Waals surface area contributed by atoms with Crippen molar-refractivity contribution in [2.75, 3.05) is 0 Å². The van der Waals surface area contributed by atoms with Gasteiger partial charge in [0.1, 0.15) is 5.60 Å². The molecule has 0 aliphatic carbocycles. The van der Waals surface area contributed by atoms with Crippen molar-refractivity contribution in [1.29, 1.82) is 0 Å². The Labute approximate surface area is 108 Å². The highest BCUT2D eigenvalue weighted by molar-refractivity contribution is 7.39. The predicted octanol–water partition coefficient (Wildman–Crippen LogP) is 3.18. The summed E-state index contributed by atoms with van der Waals surface area (Å²) in [5, 5.41) is 0. The van der Waals surface area contributed by atoms with Gasteiger partial charge in [-0.1, -0.05) is 60.7 Å². The van der Waals surface area contributed by atoms with Crippen LogP contribution in [0.5, 0.6) is 0 Å². The van der Waals surface area contributed by atoms with E-state index < -0.39 is 14.2 Å². The van der Waals surface area contributed by atoms with Crippen molar-refractivity contribution in [3.8, 4) is 0 Å². The Bertz CT molecular complexity index is 445. The molecule has 0 bridgehead atoms. The van der Waals surface area contributed by atoms with Crippen LogP contribution in [-0.4, -0.2) is 9.79 Å². The highest BCUT2D eigenvalue weighted by Gasteiger charge is 2.32. The van der Waals surface area contributed by atoms with Crippen LogP contribution in [-0.2, 0) is 10.1 Å². The maximum Gasteiger partial charge on any atom is 0.328 e. The summed E-state index contributed by atoms with van der Waals surface area (Å²) in [4.78, 5) is 18.4. The molecule has 0 amide bonds. The molecule has 18 heavy (non-hydrogen) atoms. The van der Waals surface area contributed by atoms with Crippen LogP contribution >= 0.6 is 8.60 Å². The topological polar surface area (TPSA) is 49.7 Å². The first kappa shape index (κ1) is 13.2. The van der Waals surface area contributed by atoms with Crippen LogP contribution in [0.3, 0.4) is 0 Å². The Balaban J connectivity index is 2.48. The summed E-state index contributed by atoms with van der Waals surface area (Å²) in [5.74, 6) is 0. The van der Waals surface area contributed by atoms with Gasteiger partial charge in [0.2, 0.25) is 0 Å². The van der Waals surface area contributed by atoms with Gasteiger partial charge in [-0.05, 0) is 18.1 Å². The Hall–Kier alpha value is -1.25. The normalized spacial score (nSPS) is 11.8. The molecule has 0 spiro atoms. The molecule has 0 saturated heterocycles. The van der Waals surface area contributed by atoms with Gasteiger partial charge in [-0.15, -0.1) is 0 Å². The summed E-state index contributed by atoms with van der Waals surface area (Å²) < 4.78 is 5.39. The van der Waals surface area contributed by atoms with Gasteiger partial charge in [0.25, 0.3) is 0 Å². The van der Waals surface area contributed by atoms with Crippen LogP contribution in [0.1, 0.15) is 18.1 Å². The van der Waals surface area contributed by atoms with E-state index in [4.69, 9.17) is 4.52 Å². The number of hydrogen-bond donors (Lipinski definition) is 2. The van der Waals surface area contributed by atoms with Crippen molar-refractivity contribution in [1.82, 2.24) is 0 Å². The molecule has 0 fully saturated rings. The lowest BCUT2D eigenvalue weighted by Gasteiger charge is -2.30. The van der Waals surface area contributed by atoms with Gasteiger partial charge < -0.3 is 9.79 Å². The van der Waals surface area contributed by atoms with E-state index in [1.165, 1.54) is 0 Å². The van der Waals surface area contributed by atoms with Gasteiger partial charge in [-0.2, -0.15) is 0 Å². The average molecular weight is 262 g/mol. The van der Waals surface area contributed by atoms with Crippen LogP contribution in [0.4, 0.5) is 0 Å². The molecule has 0 aromatic heterocycles. The van der Waals surface area contributed by atoms with Gasteiger partial charge >= 0.3 is 8.60 Å². The van der Waals surface area contributed by atoms with Crippen molar-refractivity contribution in [3.05, 3.63) is 71.8 Å². The fourth-order valence-electron chi connectivity index (χ4n) is 1.95. The zero-order valence-corrected chi connectivity index (χ0v) is 10.9. The summed E-state index contributed by atoms with van der Waals surface area (Å²) in [6.45, 7) is 1.83. The van der Waals surface area contributed by atoms with Crippen molar-refractivity contribution in [2.45, 2.75) is 12.5 Å². The molecular weight excluding hydrogens is 247 g/mol. The zero-order valence-electron chi connectivity index (χ0n) is 10.0. The van der Waals surface area contributed by atoms with E-state index in [2.05, 4.69) is 0 Å². The van der Waals surface area contributed by atoms with Crippen LogP contribution in [0.25, 0.3) is 0 Å². The monoisotopic (exact) mass is 262 g/mol. The molecule has 4 heteroatoms. The third-order valence-electron chi connectivity index (χ3n) is 2.91. The molecule has 0 radical (unpaired) electrons. The second kappa shape index (κ2) is 5.59. The van der Waals surface area contributed by atoms with Gasteiger partial charge in [-0.25, -0.2) is 0 Å². The van der Waals surface area contributed by atoms with Gasteiger partial charge in [0, 0.05) is 0 Å². The van der Waals surface area contributed by atoms with Crippen LogP contribution in [0.2, 0.25) is 0 Å². The fraction of sp³-hybridized carbons (Fsp3) is 0.143. The number of hydrogen-bond acceptors (Lipinski definition) is 3. The van der Waals surface area contributed by atoms with Crippen LogP contribution in [0.15, 0.2) is 60.7 Å². The molecule has 3 nitrogen and oxygen atoms in total. The Morgan fingerprint density at radius 2 is 1.22 bits per heavy atom. The molecule has 0 atom stereocenters.